The van der Waals surface area contributed by atoms with E-state index in [9.17, 15) is 0 Å². The molecule has 4 heteroatoms. The first-order valence-electron chi connectivity index (χ1n) is 4.59. The van der Waals surface area contributed by atoms with Gasteiger partial charge in [0, 0.05) is 31.3 Å². The van der Waals surface area contributed by atoms with E-state index in [-0.39, 0.29) is 5.56 Å². The van der Waals surface area contributed by atoms with Crippen molar-refractivity contribution in [1.29, 1.82) is 0 Å². The molecule has 1 fully saturated rings. The number of pyridine rings is 1. The average molecular weight is 210 g/mol. The van der Waals surface area contributed by atoms with Crippen molar-refractivity contribution in [3.8, 4) is 0 Å². The number of rotatable bonds is 2. The molecular formula is C10H14N2OS. The quantitative estimate of drug-likeness (QED) is 0.742. The Labute approximate surface area is 88.5 Å². The van der Waals surface area contributed by atoms with Gasteiger partial charge in [-0.1, -0.05) is 6.07 Å². The van der Waals surface area contributed by atoms with Crippen LogP contribution in [0.3, 0.4) is 0 Å². The predicted octanol–water partition coefficient (Wildman–Crippen LogP) is 1.73. The molecule has 0 aliphatic carbocycles. The summed E-state index contributed by atoms with van der Waals surface area (Å²) in [5, 5.41) is 0. The molecule has 0 N–H and O–H groups in total. The molecule has 1 aliphatic rings. The number of nitrogens with zero attached hydrogens (tertiary/aromatic N) is 2. The van der Waals surface area contributed by atoms with E-state index in [0.717, 1.165) is 5.75 Å². The second-order valence-electron chi connectivity index (χ2n) is 3.34. The van der Waals surface area contributed by atoms with Crippen LogP contribution in [0.1, 0.15) is 11.6 Å². The summed E-state index contributed by atoms with van der Waals surface area (Å²) < 4.78 is 5.34. The highest BCUT2D eigenvalue weighted by Crippen LogP contribution is 2.36. The molecule has 1 aromatic rings. The standard InChI is InChI=1S/C10H14N2OS/c1-12-9(7-14-10(12)13-2)8-4-3-5-11-6-8/h3-6,9-10H,7H2,1-2H3. The van der Waals surface area contributed by atoms with Gasteiger partial charge >= 0.3 is 0 Å². The fourth-order valence-corrected chi connectivity index (χ4v) is 2.99. The van der Waals surface area contributed by atoms with Gasteiger partial charge in [-0.3, -0.25) is 9.88 Å². The maximum Gasteiger partial charge on any atom is 0.158 e. The Balaban J connectivity index is 2.14. The molecule has 1 aliphatic heterocycles. The molecule has 2 rings (SSSR count). The van der Waals surface area contributed by atoms with Crippen molar-refractivity contribution in [3.05, 3.63) is 30.1 Å². The Morgan fingerprint density at radius 2 is 2.50 bits per heavy atom. The topological polar surface area (TPSA) is 25.4 Å². The van der Waals surface area contributed by atoms with Crippen LogP contribution < -0.4 is 0 Å². The van der Waals surface area contributed by atoms with Crippen molar-refractivity contribution in [2.24, 2.45) is 0 Å². The van der Waals surface area contributed by atoms with Crippen LogP contribution in [0.25, 0.3) is 0 Å². The summed E-state index contributed by atoms with van der Waals surface area (Å²) in [6.45, 7) is 0. The van der Waals surface area contributed by atoms with Crippen molar-refractivity contribution in [2.75, 3.05) is 19.9 Å². The Bertz CT molecular complexity index is 293. The second-order valence-corrected chi connectivity index (χ2v) is 4.41. The van der Waals surface area contributed by atoms with E-state index >= 15 is 0 Å². The van der Waals surface area contributed by atoms with Crippen LogP contribution in [0.4, 0.5) is 0 Å². The smallest absolute Gasteiger partial charge is 0.158 e. The van der Waals surface area contributed by atoms with Gasteiger partial charge in [-0.15, -0.1) is 11.8 Å². The second kappa shape index (κ2) is 4.29. The number of hydrogen-bond donors (Lipinski definition) is 0. The molecule has 2 heterocycles. The minimum absolute atomic E-state index is 0.181. The molecule has 0 aromatic carbocycles. The summed E-state index contributed by atoms with van der Waals surface area (Å²) >= 11 is 1.83. The molecule has 0 spiro atoms. The number of methoxy groups -OCH3 is 1. The predicted molar refractivity (Wildman–Crippen MR) is 58.0 cm³/mol. The summed E-state index contributed by atoms with van der Waals surface area (Å²) in [5.41, 5.74) is 1.45. The zero-order valence-corrected chi connectivity index (χ0v) is 9.20. The number of thioether (sulfide) groups is 1. The first-order valence-corrected chi connectivity index (χ1v) is 5.64. The van der Waals surface area contributed by atoms with Crippen molar-refractivity contribution < 1.29 is 4.74 Å². The van der Waals surface area contributed by atoms with Crippen molar-refractivity contribution in [1.82, 2.24) is 9.88 Å². The molecule has 1 aromatic heterocycles. The number of ether oxygens (including phenoxy) is 1. The summed E-state index contributed by atoms with van der Waals surface area (Å²) in [5.74, 6) is 1.07. The van der Waals surface area contributed by atoms with Gasteiger partial charge in [0.1, 0.15) is 0 Å². The zero-order valence-electron chi connectivity index (χ0n) is 8.38. The van der Waals surface area contributed by atoms with Crippen molar-refractivity contribution in [2.45, 2.75) is 11.6 Å². The Hall–Kier alpha value is -0.580. The maximum absolute atomic E-state index is 5.34. The van der Waals surface area contributed by atoms with E-state index in [0.29, 0.717) is 6.04 Å². The van der Waals surface area contributed by atoms with Crippen LogP contribution in [0, 0.1) is 0 Å². The lowest BCUT2D eigenvalue weighted by Crippen LogP contribution is -2.28. The van der Waals surface area contributed by atoms with Crippen LogP contribution in [-0.2, 0) is 4.74 Å². The summed E-state index contributed by atoms with van der Waals surface area (Å²) in [7, 11) is 3.84. The highest BCUT2D eigenvalue weighted by atomic mass is 32.2. The Kier molecular flexibility index (Phi) is 3.05. The molecule has 14 heavy (non-hydrogen) atoms. The first kappa shape index (κ1) is 9.96. The lowest BCUT2D eigenvalue weighted by atomic mass is 10.1. The highest BCUT2D eigenvalue weighted by Gasteiger charge is 2.31. The lowest BCUT2D eigenvalue weighted by Gasteiger charge is -2.23. The molecule has 0 bridgehead atoms. The average Bonchev–Trinajstić information content (AvgIpc) is 2.61. The first-order chi connectivity index (χ1) is 6.83. The van der Waals surface area contributed by atoms with Crippen LogP contribution in [-0.4, -0.2) is 35.4 Å². The van der Waals surface area contributed by atoms with Crippen molar-refractivity contribution >= 4 is 11.8 Å². The van der Waals surface area contributed by atoms with Gasteiger partial charge in [-0.05, 0) is 18.7 Å². The van der Waals surface area contributed by atoms with E-state index in [1.54, 1.807) is 13.3 Å². The third kappa shape index (κ3) is 1.78. The van der Waals surface area contributed by atoms with E-state index in [1.165, 1.54) is 5.56 Å². The molecule has 2 atom stereocenters. The van der Waals surface area contributed by atoms with Gasteiger partial charge < -0.3 is 4.74 Å². The highest BCUT2D eigenvalue weighted by molar-refractivity contribution is 7.99. The van der Waals surface area contributed by atoms with Gasteiger partial charge in [0.15, 0.2) is 5.56 Å². The van der Waals surface area contributed by atoms with E-state index in [4.69, 9.17) is 4.74 Å². The fourth-order valence-electron chi connectivity index (χ4n) is 1.69. The minimum Gasteiger partial charge on any atom is -0.357 e. The van der Waals surface area contributed by atoms with Crippen LogP contribution in [0.5, 0.6) is 0 Å². The van der Waals surface area contributed by atoms with Crippen LogP contribution in [0.15, 0.2) is 24.5 Å². The SMILES string of the molecule is COC1SCC(c2cccnc2)N1C. The summed E-state index contributed by atoms with van der Waals surface area (Å²) in [4.78, 5) is 6.38. The van der Waals surface area contributed by atoms with Crippen LogP contribution >= 0.6 is 11.8 Å². The summed E-state index contributed by atoms with van der Waals surface area (Å²) in [6, 6.07) is 4.53. The zero-order chi connectivity index (χ0) is 9.97. The minimum atomic E-state index is 0.181. The summed E-state index contributed by atoms with van der Waals surface area (Å²) in [6.07, 6.45) is 3.74. The van der Waals surface area contributed by atoms with Crippen molar-refractivity contribution in [3.63, 3.8) is 0 Å². The van der Waals surface area contributed by atoms with Gasteiger partial charge in [0.25, 0.3) is 0 Å². The van der Waals surface area contributed by atoms with E-state index < -0.39 is 0 Å². The largest absolute Gasteiger partial charge is 0.357 e. The molecular weight excluding hydrogens is 196 g/mol. The molecule has 1 saturated heterocycles. The van der Waals surface area contributed by atoms with Gasteiger partial charge in [0.2, 0.25) is 0 Å². The Morgan fingerprint density at radius 3 is 3.07 bits per heavy atom. The van der Waals surface area contributed by atoms with Gasteiger partial charge in [-0.25, -0.2) is 0 Å². The maximum atomic E-state index is 5.34. The molecule has 0 saturated carbocycles. The molecule has 2 unspecified atom stereocenters. The normalized spacial score (nSPS) is 28.1. The van der Waals surface area contributed by atoms with Gasteiger partial charge in [0.05, 0.1) is 0 Å². The lowest BCUT2D eigenvalue weighted by molar-refractivity contribution is 0.0411. The molecule has 3 nitrogen and oxygen atoms in total. The van der Waals surface area contributed by atoms with Crippen LogP contribution in [0.2, 0.25) is 0 Å². The van der Waals surface area contributed by atoms with E-state index in [1.807, 2.05) is 24.0 Å². The van der Waals surface area contributed by atoms with Gasteiger partial charge in [-0.2, -0.15) is 0 Å². The fraction of sp³-hybridized carbons (Fsp3) is 0.500. The number of hydrogen-bond acceptors (Lipinski definition) is 4. The third-order valence-electron chi connectivity index (χ3n) is 2.49. The molecule has 76 valence electrons. The third-order valence-corrected chi connectivity index (χ3v) is 3.81. The molecule has 0 radical (unpaired) electrons. The molecule has 0 amide bonds. The van der Waals surface area contributed by atoms with E-state index in [2.05, 4.69) is 23.0 Å². The Morgan fingerprint density at radius 1 is 1.64 bits per heavy atom. The number of aromatic nitrogens is 1. The monoisotopic (exact) mass is 210 g/mol.